The predicted octanol–water partition coefficient (Wildman–Crippen LogP) is 2.98. The molecule has 0 saturated carbocycles. The van der Waals surface area contributed by atoms with Crippen LogP contribution in [0.25, 0.3) is 5.57 Å². The molecule has 0 bridgehead atoms. The van der Waals surface area contributed by atoms with Gasteiger partial charge in [0.1, 0.15) is 5.01 Å². The summed E-state index contributed by atoms with van der Waals surface area (Å²) < 4.78 is 0. The number of nitrogens with zero attached hydrogens (tertiary/aromatic N) is 5. The standard InChI is InChI=1S/C18H15N5O2S2/c1-4-9-23-16(25)14(27-18(23)19-17-21-20-10(2)26-17)13-11-7-5-6-8-12(11)22(3)15(13)24/h4-8H,1,9H2,2-3H3. The lowest BCUT2D eigenvalue weighted by Crippen LogP contribution is -2.29. The van der Waals surface area contributed by atoms with Crippen LogP contribution in [0.4, 0.5) is 10.8 Å². The topological polar surface area (TPSA) is 78.8 Å². The van der Waals surface area contributed by atoms with E-state index in [1.54, 1.807) is 18.0 Å². The van der Waals surface area contributed by atoms with Crippen molar-refractivity contribution in [2.45, 2.75) is 6.92 Å². The highest BCUT2D eigenvalue weighted by atomic mass is 32.2. The number of carbonyl (C=O) groups excluding carboxylic acids is 2. The largest absolute Gasteiger partial charge is 0.311 e. The van der Waals surface area contributed by atoms with Crippen LogP contribution >= 0.6 is 23.1 Å². The predicted molar refractivity (Wildman–Crippen MR) is 108 cm³/mol. The van der Waals surface area contributed by atoms with Crippen LogP contribution in [-0.2, 0) is 9.59 Å². The van der Waals surface area contributed by atoms with Crippen molar-refractivity contribution in [2.24, 2.45) is 4.99 Å². The highest BCUT2D eigenvalue weighted by Crippen LogP contribution is 2.44. The normalized spacial score (nSPS) is 20.7. The molecule has 136 valence electrons. The van der Waals surface area contributed by atoms with Crippen LogP contribution in [0, 0.1) is 6.92 Å². The number of hydrogen-bond acceptors (Lipinski definition) is 7. The minimum Gasteiger partial charge on any atom is -0.311 e. The third-order valence-electron chi connectivity index (χ3n) is 4.16. The number of likely N-dealkylation sites (N-methyl/N-ethyl adjacent to an activating group) is 1. The van der Waals surface area contributed by atoms with E-state index in [0.29, 0.717) is 27.3 Å². The molecule has 0 radical (unpaired) electrons. The van der Waals surface area contributed by atoms with Gasteiger partial charge in [-0.1, -0.05) is 35.6 Å². The number of amidine groups is 1. The number of benzene rings is 1. The Morgan fingerprint density at radius 2 is 2.00 bits per heavy atom. The smallest absolute Gasteiger partial charge is 0.267 e. The van der Waals surface area contributed by atoms with Gasteiger partial charge in [-0.3, -0.25) is 14.5 Å². The number of carbonyl (C=O) groups is 2. The molecule has 0 unspecified atom stereocenters. The van der Waals surface area contributed by atoms with Crippen molar-refractivity contribution in [3.63, 3.8) is 0 Å². The van der Waals surface area contributed by atoms with E-state index in [1.807, 2.05) is 31.2 Å². The first-order valence-electron chi connectivity index (χ1n) is 8.12. The molecule has 1 aromatic heterocycles. The number of para-hydroxylation sites is 1. The number of aromatic nitrogens is 2. The summed E-state index contributed by atoms with van der Waals surface area (Å²) >= 11 is 2.53. The summed E-state index contributed by atoms with van der Waals surface area (Å²) in [5.41, 5.74) is 1.96. The van der Waals surface area contributed by atoms with Gasteiger partial charge < -0.3 is 4.90 Å². The maximum absolute atomic E-state index is 13.1. The number of amides is 2. The Kier molecular flexibility index (Phi) is 4.40. The summed E-state index contributed by atoms with van der Waals surface area (Å²) in [6, 6.07) is 7.45. The fourth-order valence-electron chi connectivity index (χ4n) is 2.93. The Bertz CT molecular complexity index is 1040. The molecule has 9 heteroatoms. The number of anilines is 1. The molecule has 27 heavy (non-hydrogen) atoms. The van der Waals surface area contributed by atoms with Crippen LogP contribution in [-0.4, -0.2) is 45.7 Å². The SMILES string of the molecule is C=CCN1C(=O)C(=C2C(=O)N(C)c3ccccc32)SC1=Nc1nnc(C)s1. The van der Waals surface area contributed by atoms with E-state index in [4.69, 9.17) is 0 Å². The van der Waals surface area contributed by atoms with Crippen molar-refractivity contribution in [1.29, 1.82) is 0 Å². The van der Waals surface area contributed by atoms with Gasteiger partial charge in [-0.25, -0.2) is 0 Å². The molecule has 4 rings (SSSR count). The zero-order valence-electron chi connectivity index (χ0n) is 14.7. The molecular weight excluding hydrogens is 382 g/mol. The zero-order valence-corrected chi connectivity index (χ0v) is 16.3. The summed E-state index contributed by atoms with van der Waals surface area (Å²) in [5.74, 6) is -0.452. The monoisotopic (exact) mass is 397 g/mol. The second-order valence-electron chi connectivity index (χ2n) is 5.89. The first-order valence-corrected chi connectivity index (χ1v) is 9.75. The third-order valence-corrected chi connectivity index (χ3v) is 5.97. The summed E-state index contributed by atoms with van der Waals surface area (Å²) in [6.07, 6.45) is 1.63. The molecule has 1 fully saturated rings. The van der Waals surface area contributed by atoms with Gasteiger partial charge in [-0.05, 0) is 24.8 Å². The van der Waals surface area contributed by atoms with Crippen LogP contribution in [0.2, 0.25) is 0 Å². The van der Waals surface area contributed by atoms with E-state index in [9.17, 15) is 9.59 Å². The Labute approximate surface area is 164 Å². The Balaban J connectivity index is 1.84. The van der Waals surface area contributed by atoms with Crippen molar-refractivity contribution < 1.29 is 9.59 Å². The van der Waals surface area contributed by atoms with Gasteiger partial charge in [0, 0.05) is 19.2 Å². The lowest BCUT2D eigenvalue weighted by Gasteiger charge is -2.11. The summed E-state index contributed by atoms with van der Waals surface area (Å²) in [4.78, 5) is 33.8. The van der Waals surface area contributed by atoms with Gasteiger partial charge in [0.25, 0.3) is 11.8 Å². The van der Waals surface area contributed by atoms with E-state index in [2.05, 4.69) is 21.8 Å². The van der Waals surface area contributed by atoms with Gasteiger partial charge in [0.15, 0.2) is 5.17 Å². The van der Waals surface area contributed by atoms with Gasteiger partial charge in [-0.15, -0.1) is 16.8 Å². The number of hydrogen-bond donors (Lipinski definition) is 0. The molecule has 2 aliphatic heterocycles. The highest BCUT2D eigenvalue weighted by Gasteiger charge is 2.41. The molecule has 0 spiro atoms. The molecule has 2 aliphatic rings. The van der Waals surface area contributed by atoms with E-state index in [-0.39, 0.29) is 11.8 Å². The molecule has 0 N–H and O–H groups in total. The van der Waals surface area contributed by atoms with Gasteiger partial charge >= 0.3 is 0 Å². The molecule has 2 aromatic rings. The zero-order chi connectivity index (χ0) is 19.1. The molecular formula is C18H15N5O2S2. The molecule has 0 atom stereocenters. The number of fused-ring (bicyclic) bond motifs is 1. The molecule has 0 aliphatic carbocycles. The summed E-state index contributed by atoms with van der Waals surface area (Å²) in [7, 11) is 1.71. The van der Waals surface area contributed by atoms with Crippen molar-refractivity contribution in [2.75, 3.05) is 18.5 Å². The summed E-state index contributed by atoms with van der Waals surface area (Å²) in [5, 5.41) is 9.68. The number of thioether (sulfide) groups is 1. The Hall–Kier alpha value is -2.78. The second-order valence-corrected chi connectivity index (χ2v) is 8.03. The van der Waals surface area contributed by atoms with Crippen molar-refractivity contribution >= 4 is 56.5 Å². The van der Waals surface area contributed by atoms with Crippen LogP contribution in [0.15, 0.2) is 46.8 Å². The fourth-order valence-corrected chi connectivity index (χ4v) is 4.63. The minimum atomic E-state index is -0.256. The number of rotatable bonds is 3. The molecule has 7 nitrogen and oxygen atoms in total. The van der Waals surface area contributed by atoms with E-state index >= 15 is 0 Å². The third kappa shape index (κ3) is 2.88. The van der Waals surface area contributed by atoms with Gasteiger partial charge in [0.2, 0.25) is 5.13 Å². The van der Waals surface area contributed by atoms with E-state index < -0.39 is 0 Å². The molecule has 2 amide bonds. The fraction of sp³-hybridized carbons (Fsp3) is 0.167. The Morgan fingerprint density at radius 1 is 1.22 bits per heavy atom. The average Bonchev–Trinajstić information content (AvgIpc) is 3.27. The maximum atomic E-state index is 13.1. The quantitative estimate of drug-likeness (QED) is 0.588. The second kappa shape index (κ2) is 6.75. The lowest BCUT2D eigenvalue weighted by atomic mass is 10.1. The molecule has 3 heterocycles. The Morgan fingerprint density at radius 3 is 2.70 bits per heavy atom. The van der Waals surface area contributed by atoms with Gasteiger partial charge in [-0.2, -0.15) is 4.99 Å². The lowest BCUT2D eigenvalue weighted by molar-refractivity contribution is -0.122. The number of aliphatic imine (C=N–C) groups is 1. The van der Waals surface area contributed by atoms with Crippen LogP contribution in [0.1, 0.15) is 10.6 Å². The van der Waals surface area contributed by atoms with E-state index in [0.717, 1.165) is 16.3 Å². The highest BCUT2D eigenvalue weighted by molar-refractivity contribution is 8.18. The van der Waals surface area contributed by atoms with Gasteiger partial charge in [0.05, 0.1) is 16.2 Å². The van der Waals surface area contributed by atoms with Crippen LogP contribution in [0.3, 0.4) is 0 Å². The molecule has 1 saturated heterocycles. The molecule has 1 aromatic carbocycles. The van der Waals surface area contributed by atoms with Crippen molar-refractivity contribution in [1.82, 2.24) is 15.1 Å². The first kappa shape index (κ1) is 17.6. The maximum Gasteiger partial charge on any atom is 0.267 e. The first-order chi connectivity index (χ1) is 13.0. The average molecular weight is 397 g/mol. The van der Waals surface area contributed by atoms with Crippen molar-refractivity contribution in [3.8, 4) is 0 Å². The number of aryl methyl sites for hydroxylation is 1. The minimum absolute atomic E-state index is 0.196. The van der Waals surface area contributed by atoms with Crippen LogP contribution < -0.4 is 4.90 Å². The van der Waals surface area contributed by atoms with Crippen molar-refractivity contribution in [3.05, 3.63) is 52.4 Å². The van der Waals surface area contributed by atoms with Crippen LogP contribution in [0.5, 0.6) is 0 Å². The summed E-state index contributed by atoms with van der Waals surface area (Å²) in [6.45, 7) is 5.85. The van der Waals surface area contributed by atoms with E-state index in [1.165, 1.54) is 28.0 Å².